The molecule has 76 valence electrons. The van der Waals surface area contributed by atoms with Gasteiger partial charge in [-0.05, 0) is 12.1 Å². The number of carbonyl (C=O) groups excluding carboxylic acids is 1. The second kappa shape index (κ2) is 3.53. The Hall–Kier alpha value is -2.17. The van der Waals surface area contributed by atoms with Crippen LogP contribution in [0.5, 0.6) is 0 Å². The number of hydrogen-bond acceptors (Lipinski definition) is 4. The number of benzene rings is 1. The van der Waals surface area contributed by atoms with E-state index in [0.29, 0.717) is 16.9 Å². The summed E-state index contributed by atoms with van der Waals surface area (Å²) in [5, 5.41) is 2.53. The molecule has 0 unspecified atom stereocenters. The van der Waals surface area contributed by atoms with Crippen LogP contribution in [0.2, 0.25) is 0 Å². The van der Waals surface area contributed by atoms with E-state index in [4.69, 9.17) is 5.73 Å². The fraction of sp³-hybridized carbons (Fsp3) is 0.100. The van der Waals surface area contributed by atoms with Gasteiger partial charge in [0.1, 0.15) is 0 Å². The lowest BCUT2D eigenvalue weighted by molar-refractivity contribution is -0.114. The number of para-hydroxylation sites is 2. The molecule has 1 aromatic heterocycles. The quantitative estimate of drug-likeness (QED) is 0.727. The van der Waals surface area contributed by atoms with Crippen molar-refractivity contribution < 1.29 is 4.79 Å². The van der Waals surface area contributed by atoms with E-state index in [-0.39, 0.29) is 11.7 Å². The molecule has 0 aliphatic carbocycles. The van der Waals surface area contributed by atoms with Crippen molar-refractivity contribution in [1.29, 1.82) is 0 Å². The molecule has 2 rings (SSSR count). The summed E-state index contributed by atoms with van der Waals surface area (Å²) in [5.74, 6) is 0.316. The summed E-state index contributed by atoms with van der Waals surface area (Å²) >= 11 is 0. The van der Waals surface area contributed by atoms with Gasteiger partial charge in [0.25, 0.3) is 0 Å². The molecule has 0 bridgehead atoms. The third kappa shape index (κ3) is 1.85. The Labute approximate surface area is 86.3 Å². The van der Waals surface area contributed by atoms with Gasteiger partial charge >= 0.3 is 0 Å². The fourth-order valence-electron chi connectivity index (χ4n) is 1.27. The minimum absolute atomic E-state index is 0.216. The van der Waals surface area contributed by atoms with Crippen LogP contribution in [0.15, 0.2) is 24.3 Å². The van der Waals surface area contributed by atoms with Gasteiger partial charge in [-0.1, -0.05) is 12.1 Å². The van der Waals surface area contributed by atoms with Crippen molar-refractivity contribution in [2.24, 2.45) is 0 Å². The molecule has 15 heavy (non-hydrogen) atoms. The molecule has 0 saturated carbocycles. The molecule has 1 aromatic carbocycles. The predicted octanol–water partition coefficient (Wildman–Crippen LogP) is 1.17. The number of nitrogens with one attached hydrogen (secondary N) is 1. The van der Waals surface area contributed by atoms with Gasteiger partial charge in [0.15, 0.2) is 11.6 Å². The maximum atomic E-state index is 10.9. The molecule has 0 radical (unpaired) electrons. The highest BCUT2D eigenvalue weighted by atomic mass is 16.1. The molecule has 5 nitrogen and oxygen atoms in total. The van der Waals surface area contributed by atoms with E-state index < -0.39 is 0 Å². The zero-order valence-corrected chi connectivity index (χ0v) is 8.19. The molecule has 0 spiro atoms. The molecule has 0 fully saturated rings. The topological polar surface area (TPSA) is 80.9 Å². The third-order valence-corrected chi connectivity index (χ3v) is 1.89. The Morgan fingerprint density at radius 2 is 1.87 bits per heavy atom. The van der Waals surface area contributed by atoms with Gasteiger partial charge in [0.2, 0.25) is 5.91 Å². The molecule has 0 atom stereocenters. The first-order valence-corrected chi connectivity index (χ1v) is 4.46. The van der Waals surface area contributed by atoms with Crippen molar-refractivity contribution in [2.45, 2.75) is 6.92 Å². The molecule has 0 aliphatic rings. The van der Waals surface area contributed by atoms with Crippen LogP contribution in [0.4, 0.5) is 11.6 Å². The summed E-state index contributed by atoms with van der Waals surface area (Å²) < 4.78 is 0. The number of nitrogen functional groups attached to an aromatic ring is 1. The number of rotatable bonds is 1. The van der Waals surface area contributed by atoms with Gasteiger partial charge in [-0.2, -0.15) is 0 Å². The lowest BCUT2D eigenvalue weighted by Crippen LogP contribution is -2.11. The van der Waals surface area contributed by atoms with Crippen LogP contribution in [0.1, 0.15) is 6.92 Å². The highest BCUT2D eigenvalue weighted by molar-refractivity contribution is 5.92. The normalized spacial score (nSPS) is 10.2. The summed E-state index contributed by atoms with van der Waals surface area (Å²) in [6, 6.07) is 7.34. The van der Waals surface area contributed by atoms with E-state index in [1.165, 1.54) is 6.92 Å². The smallest absolute Gasteiger partial charge is 0.222 e. The summed E-state index contributed by atoms with van der Waals surface area (Å²) in [6.45, 7) is 1.40. The fourth-order valence-corrected chi connectivity index (χ4v) is 1.27. The predicted molar refractivity (Wildman–Crippen MR) is 58.3 cm³/mol. The Morgan fingerprint density at radius 1 is 1.27 bits per heavy atom. The molecule has 1 amide bonds. The van der Waals surface area contributed by atoms with Crippen molar-refractivity contribution in [3.05, 3.63) is 24.3 Å². The number of nitrogens with two attached hydrogens (primary N) is 1. The number of hydrogen-bond donors (Lipinski definition) is 2. The molecule has 0 saturated heterocycles. The number of amides is 1. The van der Waals surface area contributed by atoms with Crippen LogP contribution >= 0.6 is 0 Å². The summed E-state index contributed by atoms with van der Waals surface area (Å²) in [4.78, 5) is 19.2. The SMILES string of the molecule is CC(=O)Nc1nc2ccccc2nc1N. The molecular formula is C10H10N4O. The van der Waals surface area contributed by atoms with Gasteiger partial charge in [-0.3, -0.25) is 4.79 Å². The zero-order valence-electron chi connectivity index (χ0n) is 8.19. The van der Waals surface area contributed by atoms with E-state index in [1.807, 2.05) is 24.3 Å². The maximum Gasteiger partial charge on any atom is 0.222 e. The van der Waals surface area contributed by atoms with Gasteiger partial charge < -0.3 is 11.1 Å². The monoisotopic (exact) mass is 202 g/mol. The van der Waals surface area contributed by atoms with Crippen molar-refractivity contribution in [3.63, 3.8) is 0 Å². The lowest BCUT2D eigenvalue weighted by Gasteiger charge is -2.05. The standard InChI is InChI=1S/C10H10N4O/c1-6(15)12-10-9(11)13-7-4-2-3-5-8(7)14-10/h2-5H,1H3,(H2,11,13)(H,12,14,15). The second-order valence-corrected chi connectivity index (χ2v) is 3.13. The van der Waals surface area contributed by atoms with Gasteiger partial charge in [0, 0.05) is 6.92 Å². The number of fused-ring (bicyclic) bond motifs is 1. The highest BCUT2D eigenvalue weighted by Crippen LogP contribution is 2.17. The van der Waals surface area contributed by atoms with Crippen molar-refractivity contribution in [1.82, 2.24) is 9.97 Å². The maximum absolute atomic E-state index is 10.9. The Bertz CT molecular complexity index is 524. The van der Waals surface area contributed by atoms with Gasteiger partial charge in [-0.15, -0.1) is 0 Å². The first-order valence-electron chi connectivity index (χ1n) is 4.46. The number of carbonyl (C=O) groups is 1. The van der Waals surface area contributed by atoms with E-state index in [1.54, 1.807) is 0 Å². The second-order valence-electron chi connectivity index (χ2n) is 3.13. The summed E-state index contributed by atoms with van der Waals surface area (Å²) in [6.07, 6.45) is 0. The van der Waals surface area contributed by atoms with E-state index in [2.05, 4.69) is 15.3 Å². The number of nitrogens with zero attached hydrogens (tertiary/aromatic N) is 2. The van der Waals surface area contributed by atoms with Crippen LogP contribution in [0, 0.1) is 0 Å². The molecule has 3 N–H and O–H groups in total. The first kappa shape index (κ1) is 9.39. The van der Waals surface area contributed by atoms with Crippen LogP contribution in [-0.2, 0) is 4.79 Å². The van der Waals surface area contributed by atoms with Gasteiger partial charge in [-0.25, -0.2) is 9.97 Å². The Morgan fingerprint density at radius 3 is 2.47 bits per heavy atom. The molecular weight excluding hydrogens is 192 g/mol. The largest absolute Gasteiger partial charge is 0.381 e. The molecule has 5 heteroatoms. The van der Waals surface area contributed by atoms with E-state index in [9.17, 15) is 4.79 Å². The first-order chi connectivity index (χ1) is 7.16. The van der Waals surface area contributed by atoms with Crippen molar-refractivity contribution in [2.75, 3.05) is 11.1 Å². The van der Waals surface area contributed by atoms with E-state index in [0.717, 1.165) is 0 Å². The minimum atomic E-state index is -0.216. The average molecular weight is 202 g/mol. The highest BCUT2D eigenvalue weighted by Gasteiger charge is 2.06. The molecule has 1 heterocycles. The number of aromatic nitrogens is 2. The Kier molecular flexibility index (Phi) is 2.21. The minimum Gasteiger partial charge on any atom is -0.381 e. The summed E-state index contributed by atoms with van der Waals surface area (Å²) in [7, 11) is 0. The summed E-state index contributed by atoms with van der Waals surface area (Å²) in [5.41, 5.74) is 7.06. The van der Waals surface area contributed by atoms with Gasteiger partial charge in [0.05, 0.1) is 11.0 Å². The van der Waals surface area contributed by atoms with Crippen LogP contribution in [-0.4, -0.2) is 15.9 Å². The molecule has 2 aromatic rings. The van der Waals surface area contributed by atoms with Crippen LogP contribution < -0.4 is 11.1 Å². The van der Waals surface area contributed by atoms with Crippen LogP contribution in [0.25, 0.3) is 11.0 Å². The van der Waals surface area contributed by atoms with Crippen molar-refractivity contribution >= 4 is 28.6 Å². The van der Waals surface area contributed by atoms with Crippen molar-refractivity contribution in [3.8, 4) is 0 Å². The lowest BCUT2D eigenvalue weighted by atomic mass is 10.3. The zero-order chi connectivity index (χ0) is 10.8. The van der Waals surface area contributed by atoms with Crippen LogP contribution in [0.3, 0.4) is 0 Å². The Balaban J connectivity index is 2.56. The number of anilines is 2. The third-order valence-electron chi connectivity index (χ3n) is 1.89. The van der Waals surface area contributed by atoms with E-state index >= 15 is 0 Å². The average Bonchev–Trinajstić information content (AvgIpc) is 2.18. The molecule has 0 aliphatic heterocycles.